The molecular formula is C22H32N4O4. The molecule has 3 N–H and O–H groups in total. The van der Waals surface area contributed by atoms with Gasteiger partial charge in [-0.2, -0.15) is 0 Å². The van der Waals surface area contributed by atoms with Crippen molar-refractivity contribution in [2.75, 3.05) is 38.1 Å². The van der Waals surface area contributed by atoms with E-state index >= 15 is 0 Å². The number of piperidine rings is 1. The van der Waals surface area contributed by atoms with Crippen LogP contribution in [0.5, 0.6) is 0 Å². The summed E-state index contributed by atoms with van der Waals surface area (Å²) in [7, 11) is 0. The molecule has 2 aliphatic heterocycles. The summed E-state index contributed by atoms with van der Waals surface area (Å²) in [5.41, 5.74) is 1.54. The number of carbonyl (C=O) groups excluding carboxylic acids is 3. The van der Waals surface area contributed by atoms with Crippen molar-refractivity contribution in [3.8, 4) is 0 Å². The number of aliphatic hydroxyl groups excluding tert-OH is 1. The van der Waals surface area contributed by atoms with Crippen molar-refractivity contribution in [3.05, 3.63) is 29.8 Å². The molecule has 0 aliphatic carbocycles. The molecule has 2 saturated heterocycles. The summed E-state index contributed by atoms with van der Waals surface area (Å²) in [5.74, 6) is -0.871. The number of hydrogen-bond donors (Lipinski definition) is 3. The number of piperazine rings is 1. The molecule has 1 aromatic carbocycles. The van der Waals surface area contributed by atoms with E-state index in [0.29, 0.717) is 25.1 Å². The van der Waals surface area contributed by atoms with E-state index in [-0.39, 0.29) is 42.3 Å². The molecule has 8 nitrogen and oxygen atoms in total. The summed E-state index contributed by atoms with van der Waals surface area (Å²) in [6, 6.07) is 7.79. The van der Waals surface area contributed by atoms with Crippen molar-refractivity contribution in [2.45, 2.75) is 51.1 Å². The van der Waals surface area contributed by atoms with Crippen LogP contribution in [0.25, 0.3) is 0 Å². The monoisotopic (exact) mass is 416 g/mol. The zero-order valence-electron chi connectivity index (χ0n) is 17.8. The molecule has 164 valence electrons. The number of rotatable bonds is 7. The highest BCUT2D eigenvalue weighted by atomic mass is 16.3. The smallest absolute Gasteiger partial charge is 0.238 e. The lowest BCUT2D eigenvalue weighted by Crippen LogP contribution is -2.58. The van der Waals surface area contributed by atoms with Crippen molar-refractivity contribution >= 4 is 23.4 Å². The Morgan fingerprint density at radius 3 is 2.43 bits per heavy atom. The number of imide groups is 1. The van der Waals surface area contributed by atoms with Crippen LogP contribution in [-0.2, 0) is 14.4 Å². The van der Waals surface area contributed by atoms with Gasteiger partial charge in [-0.1, -0.05) is 12.1 Å². The summed E-state index contributed by atoms with van der Waals surface area (Å²) in [4.78, 5) is 40.5. The van der Waals surface area contributed by atoms with Crippen LogP contribution in [0.15, 0.2) is 24.3 Å². The van der Waals surface area contributed by atoms with Gasteiger partial charge in [0.1, 0.15) is 0 Å². The van der Waals surface area contributed by atoms with E-state index in [0.717, 1.165) is 31.6 Å². The first kappa shape index (κ1) is 22.4. The number of nitrogens with one attached hydrogen (secondary N) is 2. The van der Waals surface area contributed by atoms with Gasteiger partial charge in [-0.15, -0.1) is 0 Å². The molecule has 0 bridgehead atoms. The first-order chi connectivity index (χ1) is 14.4. The fourth-order valence-electron chi connectivity index (χ4n) is 4.43. The zero-order valence-corrected chi connectivity index (χ0v) is 17.8. The largest absolute Gasteiger partial charge is 0.396 e. The third kappa shape index (κ3) is 5.65. The Kier molecular flexibility index (Phi) is 7.58. The number of benzene rings is 1. The predicted octanol–water partition coefficient (Wildman–Crippen LogP) is 0.922. The Morgan fingerprint density at radius 1 is 1.17 bits per heavy atom. The maximum absolute atomic E-state index is 12.6. The fourth-order valence-corrected chi connectivity index (χ4v) is 4.43. The molecule has 2 heterocycles. The lowest BCUT2D eigenvalue weighted by atomic mass is 9.90. The molecule has 8 heteroatoms. The highest BCUT2D eigenvalue weighted by molar-refractivity contribution is 6.01. The normalized spacial score (nSPS) is 25.8. The molecule has 2 aliphatic rings. The number of hydrogen-bond acceptors (Lipinski definition) is 6. The summed E-state index contributed by atoms with van der Waals surface area (Å²) < 4.78 is 0. The van der Waals surface area contributed by atoms with Crippen LogP contribution >= 0.6 is 0 Å². The van der Waals surface area contributed by atoms with Crippen LogP contribution in [0.2, 0.25) is 0 Å². The number of nitrogens with zero attached hydrogens (tertiary/aromatic N) is 2. The molecule has 3 atom stereocenters. The number of amides is 3. The average Bonchev–Trinajstić information content (AvgIpc) is 2.70. The maximum atomic E-state index is 12.6. The lowest BCUT2D eigenvalue weighted by molar-refractivity contribution is -0.134. The summed E-state index contributed by atoms with van der Waals surface area (Å²) in [6.45, 7) is 7.44. The lowest BCUT2D eigenvalue weighted by Gasteiger charge is -2.44. The molecule has 1 unspecified atom stereocenters. The molecule has 3 rings (SSSR count). The molecule has 0 spiro atoms. The quantitative estimate of drug-likeness (QED) is 0.572. The van der Waals surface area contributed by atoms with Gasteiger partial charge in [-0.05, 0) is 44.4 Å². The average molecular weight is 417 g/mol. The fraction of sp³-hybridized carbons (Fsp3) is 0.591. The van der Waals surface area contributed by atoms with Gasteiger partial charge in [0.05, 0.1) is 12.5 Å². The number of carbonyl (C=O) groups is 3. The molecule has 0 aromatic heterocycles. The van der Waals surface area contributed by atoms with Crippen LogP contribution < -0.4 is 10.6 Å². The van der Waals surface area contributed by atoms with E-state index in [1.807, 2.05) is 12.1 Å². The van der Waals surface area contributed by atoms with Gasteiger partial charge >= 0.3 is 0 Å². The van der Waals surface area contributed by atoms with Gasteiger partial charge in [0.2, 0.25) is 17.7 Å². The van der Waals surface area contributed by atoms with E-state index in [2.05, 4.69) is 34.3 Å². The highest BCUT2D eigenvalue weighted by Gasteiger charge is 2.30. The minimum atomic E-state index is -0.323. The molecular weight excluding hydrogens is 384 g/mol. The van der Waals surface area contributed by atoms with Crippen LogP contribution in [0.1, 0.15) is 44.6 Å². The van der Waals surface area contributed by atoms with Crippen molar-refractivity contribution in [3.63, 3.8) is 0 Å². The second kappa shape index (κ2) is 10.1. The minimum absolute atomic E-state index is 0.0636. The Hall–Kier alpha value is -2.29. The van der Waals surface area contributed by atoms with Crippen LogP contribution in [0, 0.1) is 0 Å². The molecule has 0 saturated carbocycles. The first-order valence-corrected chi connectivity index (χ1v) is 10.7. The van der Waals surface area contributed by atoms with Gasteiger partial charge in [0.15, 0.2) is 0 Å². The SMILES string of the molecule is C[C@@H]1CN(CCCO)C[C@H](C)N1CC(=O)Nc1ccc(C2CCC(=O)NC2=O)cc1. The third-order valence-corrected chi connectivity index (χ3v) is 5.97. The number of anilines is 1. The minimum Gasteiger partial charge on any atom is -0.396 e. The van der Waals surface area contributed by atoms with E-state index in [1.54, 1.807) is 12.1 Å². The van der Waals surface area contributed by atoms with E-state index in [9.17, 15) is 14.4 Å². The third-order valence-electron chi connectivity index (χ3n) is 5.97. The van der Waals surface area contributed by atoms with Gasteiger partial charge in [-0.3, -0.25) is 24.6 Å². The van der Waals surface area contributed by atoms with Crippen LogP contribution in [-0.4, -0.2) is 77.5 Å². The Morgan fingerprint density at radius 2 is 1.83 bits per heavy atom. The number of aliphatic hydroxyl groups is 1. The van der Waals surface area contributed by atoms with E-state index in [1.165, 1.54) is 0 Å². The first-order valence-electron chi connectivity index (χ1n) is 10.7. The molecule has 1 aromatic rings. The van der Waals surface area contributed by atoms with Crippen molar-refractivity contribution in [1.82, 2.24) is 15.1 Å². The Balaban J connectivity index is 1.52. The van der Waals surface area contributed by atoms with Crippen molar-refractivity contribution < 1.29 is 19.5 Å². The highest BCUT2D eigenvalue weighted by Crippen LogP contribution is 2.26. The van der Waals surface area contributed by atoms with Crippen molar-refractivity contribution in [1.29, 1.82) is 0 Å². The van der Waals surface area contributed by atoms with E-state index in [4.69, 9.17) is 5.11 Å². The molecule has 2 fully saturated rings. The van der Waals surface area contributed by atoms with E-state index < -0.39 is 0 Å². The molecule has 3 amide bonds. The van der Waals surface area contributed by atoms with Gasteiger partial charge in [-0.25, -0.2) is 0 Å². The Bertz CT molecular complexity index is 755. The molecule has 0 radical (unpaired) electrons. The van der Waals surface area contributed by atoms with Crippen molar-refractivity contribution in [2.24, 2.45) is 0 Å². The standard InChI is InChI=1S/C22H32N4O4/c1-15-12-25(10-3-11-27)13-16(2)26(15)14-21(29)23-18-6-4-17(5-7-18)19-8-9-20(28)24-22(19)30/h4-7,15-16,19,27H,3,8-14H2,1-2H3,(H,23,29)(H,24,28,30)/t15-,16+,19?. The van der Waals surface area contributed by atoms with Gasteiger partial charge in [0.25, 0.3) is 0 Å². The van der Waals surface area contributed by atoms with Crippen LogP contribution in [0.4, 0.5) is 5.69 Å². The maximum Gasteiger partial charge on any atom is 0.238 e. The molecule has 30 heavy (non-hydrogen) atoms. The van der Waals surface area contributed by atoms with Gasteiger partial charge in [0, 0.05) is 50.4 Å². The summed E-state index contributed by atoms with van der Waals surface area (Å²) >= 11 is 0. The van der Waals surface area contributed by atoms with Crippen LogP contribution in [0.3, 0.4) is 0 Å². The summed E-state index contributed by atoms with van der Waals surface area (Å²) in [5, 5.41) is 14.3. The predicted molar refractivity (Wildman–Crippen MR) is 114 cm³/mol. The van der Waals surface area contributed by atoms with Gasteiger partial charge < -0.3 is 15.3 Å². The summed E-state index contributed by atoms with van der Waals surface area (Å²) in [6.07, 6.45) is 1.63. The second-order valence-electron chi connectivity index (χ2n) is 8.38. The Labute approximate surface area is 177 Å². The second-order valence-corrected chi connectivity index (χ2v) is 8.38. The zero-order chi connectivity index (χ0) is 21.7. The topological polar surface area (TPSA) is 102 Å².